The van der Waals surface area contributed by atoms with Crippen molar-refractivity contribution in [2.45, 2.75) is 56.6 Å². The van der Waals surface area contributed by atoms with Crippen molar-refractivity contribution in [2.24, 2.45) is 11.7 Å². The highest BCUT2D eigenvalue weighted by atomic mass is 35.5. The number of hydrogen-bond acceptors (Lipinski definition) is 4. The molecule has 1 aliphatic rings. The van der Waals surface area contributed by atoms with Crippen LogP contribution in [0.15, 0.2) is 17.6 Å². The first-order chi connectivity index (χ1) is 9.37. The number of halogens is 1. The molecule has 0 unspecified atom stereocenters. The summed E-state index contributed by atoms with van der Waals surface area (Å²) in [5.41, 5.74) is 5.29. The summed E-state index contributed by atoms with van der Waals surface area (Å²) < 4.78 is 29.4. The number of rotatable bonds is 6. The summed E-state index contributed by atoms with van der Waals surface area (Å²) in [6.45, 7) is 5.24. The Hall–Kier alpha value is -0.630. The van der Waals surface area contributed by atoms with E-state index in [9.17, 15) is 8.42 Å². The van der Waals surface area contributed by atoms with Crippen LogP contribution in [0.25, 0.3) is 0 Å². The van der Waals surface area contributed by atoms with Crippen LogP contribution in [0.1, 0.15) is 39.5 Å². The van der Waals surface area contributed by atoms with Gasteiger partial charge in [0.05, 0.1) is 6.33 Å². The van der Waals surface area contributed by atoms with Crippen molar-refractivity contribution in [2.75, 3.05) is 6.54 Å². The lowest BCUT2D eigenvalue weighted by Gasteiger charge is -2.27. The molecule has 0 aliphatic heterocycles. The maximum absolute atomic E-state index is 12.4. The van der Waals surface area contributed by atoms with Crippen LogP contribution in [-0.2, 0) is 16.6 Å². The minimum absolute atomic E-state index is 0. The van der Waals surface area contributed by atoms with Gasteiger partial charge in [0.1, 0.15) is 0 Å². The van der Waals surface area contributed by atoms with Gasteiger partial charge in [0.15, 0.2) is 5.03 Å². The zero-order chi connectivity index (χ0) is 14.8. The SMILES string of the molecule is CC(C)Cn1cnc(S(=O)(=O)NC2(CN)CCCC2)c1.Cl. The van der Waals surface area contributed by atoms with Gasteiger partial charge >= 0.3 is 0 Å². The lowest BCUT2D eigenvalue weighted by molar-refractivity contribution is 0.399. The van der Waals surface area contributed by atoms with Crippen molar-refractivity contribution in [3.05, 3.63) is 12.5 Å². The first kappa shape index (κ1) is 18.4. The molecule has 1 fully saturated rings. The minimum atomic E-state index is -3.59. The number of nitrogens with two attached hydrogens (primary N) is 1. The minimum Gasteiger partial charge on any atom is -0.336 e. The molecule has 1 aliphatic carbocycles. The van der Waals surface area contributed by atoms with Gasteiger partial charge in [-0.05, 0) is 18.8 Å². The van der Waals surface area contributed by atoms with Crippen LogP contribution in [0.5, 0.6) is 0 Å². The largest absolute Gasteiger partial charge is 0.336 e. The molecule has 0 amide bonds. The summed E-state index contributed by atoms with van der Waals surface area (Å²) in [4.78, 5) is 4.02. The highest BCUT2D eigenvalue weighted by molar-refractivity contribution is 7.89. The average Bonchev–Trinajstić information content (AvgIpc) is 2.98. The van der Waals surface area contributed by atoms with Crippen LogP contribution in [0.3, 0.4) is 0 Å². The second-order valence-electron chi connectivity index (χ2n) is 6.10. The Bertz CT molecular complexity index is 550. The van der Waals surface area contributed by atoms with E-state index in [1.165, 1.54) is 0 Å². The standard InChI is InChI=1S/C13H24N4O2S.ClH/c1-11(2)7-17-8-12(15-10-17)20(18,19)16-13(9-14)5-3-4-6-13;/h8,10-11,16H,3-7,9,14H2,1-2H3;1H. The molecule has 3 N–H and O–H groups in total. The second-order valence-corrected chi connectivity index (χ2v) is 7.73. The predicted molar refractivity (Wildman–Crippen MR) is 84.9 cm³/mol. The lowest BCUT2D eigenvalue weighted by Crippen LogP contribution is -2.51. The third-order valence-electron chi connectivity index (χ3n) is 3.76. The smallest absolute Gasteiger partial charge is 0.260 e. The molecule has 0 aromatic carbocycles. The third-order valence-corrected chi connectivity index (χ3v) is 5.23. The van der Waals surface area contributed by atoms with Crippen LogP contribution < -0.4 is 10.5 Å². The zero-order valence-corrected chi connectivity index (χ0v) is 14.2. The molecule has 0 bridgehead atoms. The summed E-state index contributed by atoms with van der Waals surface area (Å²) >= 11 is 0. The van der Waals surface area contributed by atoms with Gasteiger partial charge in [-0.2, -0.15) is 0 Å². The lowest BCUT2D eigenvalue weighted by atomic mass is 10.0. The Morgan fingerprint density at radius 2 is 2.05 bits per heavy atom. The highest BCUT2D eigenvalue weighted by Gasteiger charge is 2.37. The van der Waals surface area contributed by atoms with Crippen molar-refractivity contribution in [3.63, 3.8) is 0 Å². The fourth-order valence-electron chi connectivity index (χ4n) is 2.74. The number of nitrogens with one attached hydrogen (secondary N) is 1. The summed E-state index contributed by atoms with van der Waals surface area (Å²) in [6, 6.07) is 0. The van der Waals surface area contributed by atoms with Crippen LogP contribution in [-0.4, -0.2) is 30.1 Å². The molecule has 0 spiro atoms. The Morgan fingerprint density at radius 3 is 2.57 bits per heavy atom. The zero-order valence-electron chi connectivity index (χ0n) is 12.6. The Kier molecular flexibility index (Phi) is 6.22. The quantitative estimate of drug-likeness (QED) is 0.824. The van der Waals surface area contributed by atoms with Gasteiger partial charge in [-0.1, -0.05) is 26.7 Å². The van der Waals surface area contributed by atoms with Crippen LogP contribution in [0.4, 0.5) is 0 Å². The van der Waals surface area contributed by atoms with Gasteiger partial charge < -0.3 is 10.3 Å². The van der Waals surface area contributed by atoms with Gasteiger partial charge in [-0.15, -0.1) is 12.4 Å². The molecule has 21 heavy (non-hydrogen) atoms. The maximum Gasteiger partial charge on any atom is 0.260 e. The molecule has 6 nitrogen and oxygen atoms in total. The topological polar surface area (TPSA) is 90.0 Å². The van der Waals surface area contributed by atoms with Crippen LogP contribution >= 0.6 is 12.4 Å². The number of sulfonamides is 1. The number of imidazole rings is 1. The molecule has 1 aromatic rings. The van der Waals surface area contributed by atoms with Crippen molar-refractivity contribution >= 4 is 22.4 Å². The van der Waals surface area contributed by atoms with Crippen molar-refractivity contribution in [3.8, 4) is 0 Å². The summed E-state index contributed by atoms with van der Waals surface area (Å²) in [6.07, 6.45) is 6.79. The molecule has 0 radical (unpaired) electrons. The van der Waals surface area contributed by atoms with Gasteiger partial charge in [-0.3, -0.25) is 0 Å². The molecular weight excluding hydrogens is 312 g/mol. The normalized spacial score (nSPS) is 17.9. The van der Waals surface area contributed by atoms with E-state index in [1.54, 1.807) is 12.5 Å². The maximum atomic E-state index is 12.4. The molecular formula is C13H25ClN4O2S. The van der Waals surface area contributed by atoms with E-state index >= 15 is 0 Å². The predicted octanol–water partition coefficient (Wildman–Crippen LogP) is 1.51. The Balaban J connectivity index is 0.00000220. The molecule has 0 saturated heterocycles. The Labute approximate surface area is 133 Å². The van der Waals surface area contributed by atoms with E-state index in [4.69, 9.17) is 5.73 Å². The first-order valence-electron chi connectivity index (χ1n) is 7.13. The molecule has 2 rings (SSSR count). The van der Waals surface area contributed by atoms with Gasteiger partial charge in [0.2, 0.25) is 0 Å². The third kappa shape index (κ3) is 4.42. The van der Waals surface area contributed by atoms with E-state index in [2.05, 4.69) is 23.6 Å². The van der Waals surface area contributed by atoms with Gasteiger partial charge in [-0.25, -0.2) is 18.1 Å². The number of aromatic nitrogens is 2. The molecule has 8 heteroatoms. The Morgan fingerprint density at radius 1 is 1.43 bits per heavy atom. The van der Waals surface area contributed by atoms with E-state index in [0.29, 0.717) is 12.5 Å². The molecule has 122 valence electrons. The van der Waals surface area contributed by atoms with Crippen molar-refractivity contribution in [1.29, 1.82) is 0 Å². The van der Waals surface area contributed by atoms with Crippen LogP contribution in [0, 0.1) is 5.92 Å². The van der Waals surface area contributed by atoms with E-state index in [-0.39, 0.29) is 17.4 Å². The molecule has 1 saturated carbocycles. The molecule has 0 atom stereocenters. The second kappa shape index (κ2) is 7.09. The monoisotopic (exact) mass is 336 g/mol. The van der Waals surface area contributed by atoms with Crippen molar-refractivity contribution in [1.82, 2.24) is 14.3 Å². The summed E-state index contributed by atoms with van der Waals surface area (Å²) in [7, 11) is -3.59. The summed E-state index contributed by atoms with van der Waals surface area (Å²) in [5.74, 6) is 0.443. The van der Waals surface area contributed by atoms with Gasteiger partial charge in [0.25, 0.3) is 10.0 Å². The van der Waals surface area contributed by atoms with Crippen LogP contribution in [0.2, 0.25) is 0 Å². The van der Waals surface area contributed by atoms with E-state index in [0.717, 1.165) is 32.2 Å². The van der Waals surface area contributed by atoms with E-state index < -0.39 is 15.6 Å². The summed E-state index contributed by atoms with van der Waals surface area (Å²) in [5, 5.41) is 0.0814. The van der Waals surface area contributed by atoms with Crippen molar-refractivity contribution < 1.29 is 8.42 Å². The number of hydrogen-bond donors (Lipinski definition) is 2. The van der Waals surface area contributed by atoms with Gasteiger partial charge in [0, 0.05) is 24.8 Å². The number of nitrogens with zero attached hydrogens (tertiary/aromatic N) is 2. The van der Waals surface area contributed by atoms with E-state index in [1.807, 2.05) is 4.57 Å². The molecule has 1 heterocycles. The highest BCUT2D eigenvalue weighted by Crippen LogP contribution is 2.30. The fourth-order valence-corrected chi connectivity index (χ4v) is 4.16. The average molecular weight is 337 g/mol. The fraction of sp³-hybridized carbons (Fsp3) is 0.769. The first-order valence-corrected chi connectivity index (χ1v) is 8.61. The molecule has 1 aromatic heterocycles.